The van der Waals surface area contributed by atoms with Gasteiger partial charge < -0.3 is 10.2 Å². The van der Waals surface area contributed by atoms with Crippen molar-refractivity contribution in [3.05, 3.63) is 0 Å². The fourth-order valence-corrected chi connectivity index (χ4v) is 2.37. The van der Waals surface area contributed by atoms with Crippen LogP contribution >= 0.6 is 0 Å². The van der Waals surface area contributed by atoms with E-state index in [-0.39, 0.29) is 18.6 Å². The van der Waals surface area contributed by atoms with Crippen LogP contribution in [0.2, 0.25) is 0 Å². The molecule has 0 aromatic rings. The van der Waals surface area contributed by atoms with E-state index in [1.54, 1.807) is 0 Å². The van der Waals surface area contributed by atoms with Gasteiger partial charge in [0.2, 0.25) is 0 Å². The molecule has 0 aromatic carbocycles. The minimum absolute atomic E-state index is 0.135. The average molecular weight is 186 g/mol. The number of hydrogen-bond acceptors (Lipinski definition) is 2. The molecule has 1 aliphatic rings. The smallest absolute Gasteiger partial charge is 0.0509 e. The summed E-state index contributed by atoms with van der Waals surface area (Å²) >= 11 is 0. The Morgan fingerprint density at radius 3 is 2.08 bits per heavy atom. The van der Waals surface area contributed by atoms with E-state index < -0.39 is 0 Å². The van der Waals surface area contributed by atoms with Gasteiger partial charge in [0.25, 0.3) is 0 Å². The second-order valence-electron chi connectivity index (χ2n) is 4.52. The van der Waals surface area contributed by atoms with Crippen LogP contribution < -0.4 is 0 Å². The van der Waals surface area contributed by atoms with Crippen LogP contribution in [0.5, 0.6) is 0 Å². The quantitative estimate of drug-likeness (QED) is 0.689. The lowest BCUT2D eigenvalue weighted by Gasteiger charge is -2.31. The molecule has 0 amide bonds. The Labute approximate surface area is 81.0 Å². The standard InChI is InChI=1S/C11H22O2/c1-2-11(8-12,9-13)7-10-5-3-4-6-10/h10,12-13H,2-9H2,1H3. The zero-order valence-electron chi connectivity index (χ0n) is 8.63. The molecule has 2 N–H and O–H groups in total. The molecule has 1 rings (SSSR count). The molecule has 0 heterocycles. The molecule has 0 saturated heterocycles. The first-order chi connectivity index (χ1) is 6.26. The van der Waals surface area contributed by atoms with Crippen molar-refractivity contribution in [2.24, 2.45) is 11.3 Å². The minimum atomic E-state index is -0.199. The summed E-state index contributed by atoms with van der Waals surface area (Å²) in [6.45, 7) is 2.33. The maximum absolute atomic E-state index is 9.28. The Balaban J connectivity index is 2.44. The van der Waals surface area contributed by atoms with E-state index in [4.69, 9.17) is 0 Å². The Kier molecular flexibility index (Phi) is 4.20. The Morgan fingerprint density at radius 1 is 1.15 bits per heavy atom. The van der Waals surface area contributed by atoms with Crippen molar-refractivity contribution in [2.75, 3.05) is 13.2 Å². The molecule has 78 valence electrons. The molecule has 2 heteroatoms. The zero-order valence-corrected chi connectivity index (χ0v) is 8.63. The fourth-order valence-electron chi connectivity index (χ4n) is 2.37. The Hall–Kier alpha value is -0.0800. The van der Waals surface area contributed by atoms with Crippen molar-refractivity contribution >= 4 is 0 Å². The topological polar surface area (TPSA) is 40.5 Å². The predicted octanol–water partition coefficient (Wildman–Crippen LogP) is 1.95. The number of aliphatic hydroxyl groups excluding tert-OH is 2. The van der Waals surface area contributed by atoms with Gasteiger partial charge in [-0.2, -0.15) is 0 Å². The van der Waals surface area contributed by atoms with Gasteiger partial charge >= 0.3 is 0 Å². The molecule has 0 atom stereocenters. The summed E-state index contributed by atoms with van der Waals surface area (Å²) in [4.78, 5) is 0. The summed E-state index contributed by atoms with van der Waals surface area (Å²) in [5, 5.41) is 18.6. The third-order valence-electron chi connectivity index (χ3n) is 3.62. The number of aliphatic hydroxyl groups is 2. The first kappa shape index (κ1) is 11.0. The van der Waals surface area contributed by atoms with Crippen molar-refractivity contribution < 1.29 is 10.2 Å². The summed E-state index contributed by atoms with van der Waals surface area (Å²) in [7, 11) is 0. The molecule has 1 fully saturated rings. The van der Waals surface area contributed by atoms with Crippen LogP contribution in [-0.2, 0) is 0 Å². The molecule has 2 nitrogen and oxygen atoms in total. The van der Waals surface area contributed by atoms with Crippen molar-refractivity contribution in [3.63, 3.8) is 0 Å². The highest BCUT2D eigenvalue weighted by Gasteiger charge is 2.31. The molecule has 1 saturated carbocycles. The Bertz CT molecular complexity index is 127. The SMILES string of the molecule is CCC(CO)(CO)CC1CCCC1. The summed E-state index contributed by atoms with van der Waals surface area (Å²) in [6, 6.07) is 0. The van der Waals surface area contributed by atoms with Crippen molar-refractivity contribution in [1.29, 1.82) is 0 Å². The van der Waals surface area contributed by atoms with Crippen LogP contribution in [0.15, 0.2) is 0 Å². The first-order valence-corrected chi connectivity index (χ1v) is 5.48. The highest BCUT2D eigenvalue weighted by Crippen LogP contribution is 2.37. The predicted molar refractivity (Wildman–Crippen MR) is 53.5 cm³/mol. The van der Waals surface area contributed by atoms with E-state index in [9.17, 15) is 10.2 Å². The summed E-state index contributed by atoms with van der Waals surface area (Å²) in [5.74, 6) is 0.749. The van der Waals surface area contributed by atoms with E-state index in [0.717, 1.165) is 18.8 Å². The van der Waals surface area contributed by atoms with Crippen molar-refractivity contribution in [2.45, 2.75) is 45.4 Å². The molecular weight excluding hydrogens is 164 g/mol. The van der Waals surface area contributed by atoms with Crippen molar-refractivity contribution in [1.82, 2.24) is 0 Å². The minimum Gasteiger partial charge on any atom is -0.396 e. The maximum atomic E-state index is 9.28. The second kappa shape index (κ2) is 4.97. The lowest BCUT2D eigenvalue weighted by molar-refractivity contribution is 0.0304. The fraction of sp³-hybridized carbons (Fsp3) is 1.00. The van der Waals surface area contributed by atoms with Gasteiger partial charge in [0.05, 0.1) is 13.2 Å². The van der Waals surface area contributed by atoms with Crippen LogP contribution in [0.3, 0.4) is 0 Å². The molecular formula is C11H22O2. The average Bonchev–Trinajstić information content (AvgIpc) is 2.67. The van der Waals surface area contributed by atoms with Crippen LogP contribution in [0.25, 0.3) is 0 Å². The molecule has 0 aromatic heterocycles. The summed E-state index contributed by atoms with van der Waals surface area (Å²) in [6.07, 6.45) is 7.15. The van der Waals surface area contributed by atoms with E-state index in [2.05, 4.69) is 6.92 Å². The van der Waals surface area contributed by atoms with Crippen molar-refractivity contribution in [3.8, 4) is 0 Å². The largest absolute Gasteiger partial charge is 0.396 e. The van der Waals surface area contributed by atoms with Gasteiger partial charge in [-0.1, -0.05) is 32.6 Å². The molecule has 0 aliphatic heterocycles. The van der Waals surface area contributed by atoms with Crippen LogP contribution in [-0.4, -0.2) is 23.4 Å². The molecule has 0 spiro atoms. The lowest BCUT2D eigenvalue weighted by Crippen LogP contribution is -2.31. The zero-order chi connectivity index (χ0) is 9.73. The van der Waals surface area contributed by atoms with Gasteiger partial charge in [0.1, 0.15) is 0 Å². The third-order valence-corrected chi connectivity index (χ3v) is 3.62. The van der Waals surface area contributed by atoms with Gasteiger partial charge in [0, 0.05) is 5.41 Å². The van der Waals surface area contributed by atoms with Crippen LogP contribution in [0.1, 0.15) is 45.4 Å². The first-order valence-electron chi connectivity index (χ1n) is 5.48. The van der Waals surface area contributed by atoms with Gasteiger partial charge in [0.15, 0.2) is 0 Å². The monoisotopic (exact) mass is 186 g/mol. The van der Waals surface area contributed by atoms with Gasteiger partial charge in [-0.25, -0.2) is 0 Å². The van der Waals surface area contributed by atoms with E-state index in [0.29, 0.717) is 0 Å². The summed E-state index contributed by atoms with van der Waals surface area (Å²) in [5.41, 5.74) is -0.199. The number of rotatable bonds is 5. The number of hydrogen-bond donors (Lipinski definition) is 2. The van der Waals surface area contributed by atoms with Gasteiger partial charge in [-0.05, 0) is 18.8 Å². The lowest BCUT2D eigenvalue weighted by atomic mass is 9.78. The normalized spacial score (nSPS) is 19.6. The summed E-state index contributed by atoms with van der Waals surface area (Å²) < 4.78 is 0. The molecule has 0 radical (unpaired) electrons. The van der Waals surface area contributed by atoms with E-state index in [1.165, 1.54) is 25.7 Å². The van der Waals surface area contributed by atoms with Gasteiger partial charge in [-0.15, -0.1) is 0 Å². The Morgan fingerprint density at radius 2 is 1.69 bits per heavy atom. The second-order valence-corrected chi connectivity index (χ2v) is 4.52. The molecule has 0 unspecified atom stereocenters. The molecule has 0 bridgehead atoms. The molecule has 1 aliphatic carbocycles. The molecule has 13 heavy (non-hydrogen) atoms. The van der Waals surface area contributed by atoms with E-state index in [1.807, 2.05) is 0 Å². The van der Waals surface area contributed by atoms with Gasteiger partial charge in [-0.3, -0.25) is 0 Å². The van der Waals surface area contributed by atoms with Crippen LogP contribution in [0.4, 0.5) is 0 Å². The van der Waals surface area contributed by atoms with Crippen LogP contribution in [0, 0.1) is 11.3 Å². The highest BCUT2D eigenvalue weighted by atomic mass is 16.3. The third kappa shape index (κ3) is 2.68. The highest BCUT2D eigenvalue weighted by molar-refractivity contribution is 4.81. The van der Waals surface area contributed by atoms with E-state index >= 15 is 0 Å². The maximum Gasteiger partial charge on any atom is 0.0509 e.